The Bertz CT molecular complexity index is 1040. The second kappa shape index (κ2) is 11.2. The van der Waals surface area contributed by atoms with Crippen LogP contribution >= 0.6 is 23.1 Å². The number of carbonyl (C=O) groups excluding carboxylic acids is 3. The summed E-state index contributed by atoms with van der Waals surface area (Å²) < 4.78 is 5.19. The number of nitrogens with zero attached hydrogens (tertiary/aromatic N) is 1. The van der Waals surface area contributed by atoms with Gasteiger partial charge in [-0.3, -0.25) is 14.4 Å². The van der Waals surface area contributed by atoms with Crippen molar-refractivity contribution >= 4 is 52.2 Å². The van der Waals surface area contributed by atoms with Gasteiger partial charge < -0.3 is 20.3 Å². The molecule has 2 heterocycles. The Hall–Kier alpha value is -2.80. The number of anilines is 2. The summed E-state index contributed by atoms with van der Waals surface area (Å²) in [6.07, 6.45) is 7.82. The Morgan fingerprint density at radius 2 is 2.16 bits per heavy atom. The fraction of sp³-hybridized carbons (Fsp3) is 0.348. The molecule has 0 bridgehead atoms. The van der Waals surface area contributed by atoms with E-state index in [0.29, 0.717) is 35.0 Å². The van der Waals surface area contributed by atoms with Crippen LogP contribution in [0.2, 0.25) is 0 Å². The van der Waals surface area contributed by atoms with E-state index in [2.05, 4.69) is 16.6 Å². The monoisotopic (exact) mass is 471 g/mol. The standard InChI is InChI=1S/C23H25N3O4S2/c1-4-17-6-8-20(32-17)23(29)25-18(9-12-31-3)22(28)24-16-5-7-19(15(2)13-16)26-10-11-30-14-21(26)27/h1,5-8,13,18H,9-12,14H2,2-3H3,(H,24,28)(H,25,29)/t18-/m1/s1. The SMILES string of the molecule is C#Cc1ccc(C(=O)N[C@H](CCSC)C(=O)Nc2ccc(N3CCOCC3=O)c(C)c2)s1. The smallest absolute Gasteiger partial charge is 0.262 e. The Kier molecular flexibility index (Phi) is 8.33. The predicted octanol–water partition coefficient (Wildman–Crippen LogP) is 2.89. The van der Waals surface area contributed by atoms with E-state index in [0.717, 1.165) is 17.0 Å². The summed E-state index contributed by atoms with van der Waals surface area (Å²) >= 11 is 2.82. The average molecular weight is 472 g/mol. The number of carbonyl (C=O) groups is 3. The molecule has 3 amide bonds. The number of hydrogen-bond acceptors (Lipinski definition) is 6. The summed E-state index contributed by atoms with van der Waals surface area (Å²) in [6, 6.07) is 8.08. The Labute approximate surface area is 195 Å². The molecule has 0 saturated carbocycles. The van der Waals surface area contributed by atoms with Crippen molar-refractivity contribution in [2.24, 2.45) is 0 Å². The second-order valence-electron chi connectivity index (χ2n) is 7.20. The molecule has 168 valence electrons. The van der Waals surface area contributed by atoms with Crippen LogP contribution in [-0.4, -0.2) is 55.5 Å². The van der Waals surface area contributed by atoms with Crippen LogP contribution in [0, 0.1) is 19.3 Å². The van der Waals surface area contributed by atoms with Crippen molar-refractivity contribution in [2.75, 3.05) is 42.0 Å². The first kappa shape index (κ1) is 23.9. The zero-order valence-corrected chi connectivity index (χ0v) is 19.6. The van der Waals surface area contributed by atoms with Gasteiger partial charge in [0.2, 0.25) is 5.91 Å². The van der Waals surface area contributed by atoms with Crippen LogP contribution in [0.15, 0.2) is 30.3 Å². The molecule has 0 aliphatic carbocycles. The van der Waals surface area contributed by atoms with Gasteiger partial charge in [-0.15, -0.1) is 17.8 Å². The lowest BCUT2D eigenvalue weighted by Crippen LogP contribution is -2.44. The van der Waals surface area contributed by atoms with E-state index in [1.807, 2.05) is 25.3 Å². The van der Waals surface area contributed by atoms with Crippen molar-refractivity contribution in [3.8, 4) is 12.3 Å². The summed E-state index contributed by atoms with van der Waals surface area (Å²) in [5, 5.41) is 5.71. The number of amides is 3. The van der Waals surface area contributed by atoms with Gasteiger partial charge >= 0.3 is 0 Å². The van der Waals surface area contributed by atoms with Gasteiger partial charge in [0.05, 0.1) is 16.4 Å². The maximum atomic E-state index is 13.0. The molecular weight excluding hydrogens is 446 g/mol. The van der Waals surface area contributed by atoms with E-state index >= 15 is 0 Å². The van der Waals surface area contributed by atoms with Gasteiger partial charge in [-0.2, -0.15) is 11.8 Å². The van der Waals surface area contributed by atoms with Gasteiger partial charge in [-0.1, -0.05) is 5.92 Å². The van der Waals surface area contributed by atoms with Crippen molar-refractivity contribution in [1.29, 1.82) is 0 Å². The van der Waals surface area contributed by atoms with Gasteiger partial charge in [0.1, 0.15) is 12.6 Å². The summed E-state index contributed by atoms with van der Waals surface area (Å²) in [5.74, 6) is 2.52. The molecule has 1 aliphatic heterocycles. The second-order valence-corrected chi connectivity index (χ2v) is 9.27. The average Bonchev–Trinajstić information content (AvgIpc) is 3.27. The molecule has 32 heavy (non-hydrogen) atoms. The fourth-order valence-electron chi connectivity index (χ4n) is 3.31. The van der Waals surface area contributed by atoms with E-state index in [9.17, 15) is 14.4 Å². The third-order valence-corrected chi connectivity index (χ3v) is 6.60. The molecule has 0 spiro atoms. The molecule has 1 aliphatic rings. The topological polar surface area (TPSA) is 87.7 Å². The van der Waals surface area contributed by atoms with E-state index in [1.165, 1.54) is 11.3 Å². The van der Waals surface area contributed by atoms with Gasteiger partial charge in [0.15, 0.2) is 0 Å². The first-order valence-corrected chi connectivity index (χ1v) is 12.3. The van der Waals surface area contributed by atoms with E-state index in [1.54, 1.807) is 34.9 Å². The molecule has 1 fully saturated rings. The molecule has 1 saturated heterocycles. The summed E-state index contributed by atoms with van der Waals surface area (Å²) in [7, 11) is 0. The molecule has 0 radical (unpaired) electrons. The highest BCUT2D eigenvalue weighted by Gasteiger charge is 2.24. The Balaban J connectivity index is 1.70. The Morgan fingerprint density at radius 1 is 1.34 bits per heavy atom. The highest BCUT2D eigenvalue weighted by molar-refractivity contribution is 7.98. The number of hydrogen-bond donors (Lipinski definition) is 2. The van der Waals surface area contributed by atoms with Gasteiger partial charge in [-0.05, 0) is 61.2 Å². The van der Waals surface area contributed by atoms with Crippen LogP contribution in [-0.2, 0) is 14.3 Å². The molecule has 0 unspecified atom stereocenters. The first-order chi connectivity index (χ1) is 15.4. The number of nitrogens with one attached hydrogen (secondary N) is 2. The molecule has 2 N–H and O–H groups in total. The molecule has 1 aromatic carbocycles. The fourth-order valence-corrected chi connectivity index (χ4v) is 4.50. The number of thioether (sulfide) groups is 1. The van der Waals surface area contributed by atoms with Crippen LogP contribution < -0.4 is 15.5 Å². The minimum Gasteiger partial charge on any atom is -0.370 e. The number of terminal acetylenes is 1. The molecule has 1 atom stereocenters. The van der Waals surface area contributed by atoms with Gasteiger partial charge in [0, 0.05) is 17.9 Å². The van der Waals surface area contributed by atoms with Crippen LogP contribution in [0.5, 0.6) is 0 Å². The number of morpholine rings is 1. The van der Waals surface area contributed by atoms with Crippen molar-refractivity contribution in [1.82, 2.24) is 5.32 Å². The molecule has 9 heteroatoms. The van der Waals surface area contributed by atoms with Crippen LogP contribution in [0.1, 0.15) is 26.5 Å². The van der Waals surface area contributed by atoms with E-state index in [-0.39, 0.29) is 24.3 Å². The first-order valence-electron chi connectivity index (χ1n) is 10.1. The number of ether oxygens (including phenoxy) is 1. The van der Waals surface area contributed by atoms with E-state index in [4.69, 9.17) is 11.2 Å². The lowest BCUT2D eigenvalue weighted by molar-refractivity contribution is -0.125. The number of thiophene rings is 1. The zero-order chi connectivity index (χ0) is 23.1. The summed E-state index contributed by atoms with van der Waals surface area (Å²) in [5.41, 5.74) is 2.26. The molecule has 1 aromatic heterocycles. The number of rotatable bonds is 8. The summed E-state index contributed by atoms with van der Waals surface area (Å²) in [6.45, 7) is 2.95. The molecule has 7 nitrogen and oxygen atoms in total. The maximum absolute atomic E-state index is 13.0. The largest absolute Gasteiger partial charge is 0.370 e. The molecular formula is C23H25N3O4S2. The number of benzene rings is 1. The van der Waals surface area contributed by atoms with Crippen LogP contribution in [0.3, 0.4) is 0 Å². The lowest BCUT2D eigenvalue weighted by atomic mass is 10.1. The zero-order valence-electron chi connectivity index (χ0n) is 18.0. The highest BCUT2D eigenvalue weighted by Crippen LogP contribution is 2.25. The number of aryl methyl sites for hydroxylation is 1. The highest BCUT2D eigenvalue weighted by atomic mass is 32.2. The van der Waals surface area contributed by atoms with Crippen molar-refractivity contribution in [3.05, 3.63) is 45.6 Å². The van der Waals surface area contributed by atoms with Gasteiger partial charge in [-0.25, -0.2) is 0 Å². The normalized spacial score (nSPS) is 14.5. The van der Waals surface area contributed by atoms with Crippen molar-refractivity contribution in [2.45, 2.75) is 19.4 Å². The third kappa shape index (κ3) is 5.91. The Morgan fingerprint density at radius 3 is 2.81 bits per heavy atom. The van der Waals surface area contributed by atoms with Gasteiger partial charge in [0.25, 0.3) is 11.8 Å². The maximum Gasteiger partial charge on any atom is 0.262 e. The minimum absolute atomic E-state index is 0.0713. The van der Waals surface area contributed by atoms with Crippen LogP contribution in [0.4, 0.5) is 11.4 Å². The van der Waals surface area contributed by atoms with E-state index < -0.39 is 6.04 Å². The third-order valence-electron chi connectivity index (χ3n) is 4.95. The quantitative estimate of drug-likeness (QED) is 0.578. The van der Waals surface area contributed by atoms with Crippen molar-refractivity contribution in [3.63, 3.8) is 0 Å². The molecule has 2 aromatic rings. The minimum atomic E-state index is -0.688. The van der Waals surface area contributed by atoms with Crippen LogP contribution in [0.25, 0.3) is 0 Å². The molecule has 3 rings (SSSR count). The summed E-state index contributed by atoms with van der Waals surface area (Å²) in [4.78, 5) is 40.5. The van der Waals surface area contributed by atoms with Crippen molar-refractivity contribution < 1.29 is 19.1 Å². The predicted molar refractivity (Wildman–Crippen MR) is 129 cm³/mol. The lowest BCUT2D eigenvalue weighted by Gasteiger charge is -2.28.